The van der Waals surface area contributed by atoms with E-state index in [1.807, 2.05) is 37.4 Å². The Kier molecular flexibility index (Phi) is 9.60. The summed E-state index contributed by atoms with van der Waals surface area (Å²) >= 11 is 0. The summed E-state index contributed by atoms with van der Waals surface area (Å²) in [6, 6.07) is 11.3. The fourth-order valence-corrected chi connectivity index (χ4v) is 4.30. The van der Waals surface area contributed by atoms with Crippen LogP contribution in [0.2, 0.25) is 0 Å². The van der Waals surface area contributed by atoms with Crippen LogP contribution in [0.5, 0.6) is 0 Å². The number of rotatable bonds is 6. The van der Waals surface area contributed by atoms with Crippen molar-refractivity contribution in [2.45, 2.75) is 33.1 Å². The fraction of sp³-hybridized carbons (Fsp3) is 0.345. The summed E-state index contributed by atoms with van der Waals surface area (Å²) in [5.41, 5.74) is 11.8. The molecule has 1 fully saturated rings. The minimum atomic E-state index is -0.265. The number of carbonyl (C=O) groups excluding carboxylic acids is 1. The molecule has 0 saturated carbocycles. The minimum absolute atomic E-state index is 0. The Balaban J connectivity index is 0.00000420. The molecule has 0 bridgehead atoms. The smallest absolute Gasteiger partial charge is 0.256 e. The second-order valence-electron chi connectivity index (χ2n) is 10.8. The monoisotopic (exact) mass is 548 g/mol. The third-order valence-electron chi connectivity index (χ3n) is 6.82. The lowest BCUT2D eigenvalue weighted by Crippen LogP contribution is -2.44. The van der Waals surface area contributed by atoms with Crippen molar-refractivity contribution in [1.82, 2.24) is 14.9 Å². The van der Waals surface area contributed by atoms with E-state index >= 15 is 0 Å². The van der Waals surface area contributed by atoms with Gasteiger partial charge < -0.3 is 20.9 Å². The Hall–Kier alpha value is -3.60. The van der Waals surface area contributed by atoms with E-state index in [0.717, 1.165) is 48.6 Å². The van der Waals surface area contributed by atoms with E-state index in [4.69, 9.17) is 11.6 Å². The van der Waals surface area contributed by atoms with E-state index in [0.29, 0.717) is 22.8 Å². The van der Waals surface area contributed by atoms with E-state index in [-0.39, 0.29) is 24.8 Å². The van der Waals surface area contributed by atoms with Gasteiger partial charge in [-0.1, -0.05) is 26.8 Å². The number of aryl methyl sites for hydroxylation is 1. The predicted octanol–water partition coefficient (Wildman–Crippen LogP) is 3.84. The van der Waals surface area contributed by atoms with Gasteiger partial charge in [0.15, 0.2) is 0 Å². The molecule has 2 aromatic heterocycles. The van der Waals surface area contributed by atoms with Crippen molar-refractivity contribution >= 4 is 42.3 Å². The van der Waals surface area contributed by atoms with E-state index < -0.39 is 0 Å². The lowest BCUT2D eigenvalue weighted by atomic mass is 9.88. The lowest BCUT2D eigenvalue weighted by molar-refractivity contribution is 0.102. The Labute approximate surface area is 238 Å². The number of nitrogens with two attached hydrogens (primary N) is 2. The number of piperazine rings is 1. The average Bonchev–Trinajstić information content (AvgIpc) is 2.89. The number of nitrogens with zero attached hydrogens (tertiary/aromatic N) is 5. The van der Waals surface area contributed by atoms with Gasteiger partial charge in [-0.05, 0) is 60.8 Å². The molecule has 0 radical (unpaired) electrons. The first-order valence-corrected chi connectivity index (χ1v) is 12.8. The number of likely N-dealkylation sites (N-methyl/N-ethyl adjacent to an activating group) is 1. The number of carbonyl (C=O) groups is 1. The first-order chi connectivity index (χ1) is 18.0. The molecular weight excluding hydrogens is 508 g/mol. The molecule has 208 valence electrons. The number of hydrazine groups is 1. The number of nitrogens with one attached hydrogen (secondary N) is 1. The van der Waals surface area contributed by atoms with Crippen molar-refractivity contribution in [3.8, 4) is 0 Å². The van der Waals surface area contributed by atoms with Gasteiger partial charge in [0.1, 0.15) is 5.82 Å². The van der Waals surface area contributed by atoms with Gasteiger partial charge >= 0.3 is 0 Å². The SMILES string of the molecule is Cc1ccc(C(=O)Nc2cc(C(C)(C)C)ccn2)cc1N(N)/C=C(\N)c1cncc(N2CCN(C)CC2)c1.S. The molecule has 0 atom stereocenters. The van der Waals surface area contributed by atoms with Crippen LogP contribution in [0.4, 0.5) is 17.2 Å². The van der Waals surface area contributed by atoms with E-state index in [1.54, 1.807) is 30.7 Å². The van der Waals surface area contributed by atoms with Gasteiger partial charge in [-0.25, -0.2) is 10.8 Å². The topological polar surface area (TPSA) is 117 Å². The standard InChI is InChI=1S/C29H38N8O.H2S/c1-20-6-7-21(28(38)34-27-16-23(8-9-33-27)29(2,3)4)15-26(20)37(31)19-25(30)22-14-24(18-32-17-22)36-12-10-35(5)11-13-36;/h6-9,14-19H,10-13,30-31H2,1-5H3,(H,33,34,38);1H2/b25-19-;. The number of amides is 1. The van der Waals surface area contributed by atoms with Crippen LogP contribution in [-0.2, 0) is 5.41 Å². The fourth-order valence-electron chi connectivity index (χ4n) is 4.30. The highest BCUT2D eigenvalue weighted by molar-refractivity contribution is 7.59. The number of anilines is 3. The summed E-state index contributed by atoms with van der Waals surface area (Å²) in [6.45, 7) is 12.2. The van der Waals surface area contributed by atoms with E-state index in [1.165, 1.54) is 5.01 Å². The highest BCUT2D eigenvalue weighted by Gasteiger charge is 2.17. The molecule has 1 aliphatic heterocycles. The maximum absolute atomic E-state index is 13.0. The molecule has 1 saturated heterocycles. The molecule has 0 aliphatic carbocycles. The summed E-state index contributed by atoms with van der Waals surface area (Å²) in [6.07, 6.45) is 6.96. The summed E-state index contributed by atoms with van der Waals surface area (Å²) in [5, 5.41) is 4.34. The van der Waals surface area contributed by atoms with E-state index in [2.05, 4.69) is 52.9 Å². The minimum Gasteiger partial charge on any atom is -0.397 e. The first kappa shape index (κ1) is 29.9. The van der Waals surface area contributed by atoms with Gasteiger partial charge in [0.05, 0.1) is 23.3 Å². The van der Waals surface area contributed by atoms with Crippen molar-refractivity contribution in [3.05, 3.63) is 83.4 Å². The van der Waals surface area contributed by atoms with Crippen molar-refractivity contribution in [1.29, 1.82) is 0 Å². The molecular formula is C29H40N8OS. The third kappa shape index (κ3) is 7.50. The van der Waals surface area contributed by atoms with Crippen LogP contribution in [0.3, 0.4) is 0 Å². The molecule has 4 rings (SSSR count). The highest BCUT2D eigenvalue weighted by atomic mass is 32.1. The van der Waals surface area contributed by atoms with Crippen LogP contribution in [0.15, 0.2) is 61.2 Å². The van der Waals surface area contributed by atoms with Gasteiger partial charge in [-0.3, -0.25) is 14.8 Å². The van der Waals surface area contributed by atoms with Crippen LogP contribution in [0.25, 0.3) is 5.70 Å². The number of hydrogen-bond donors (Lipinski definition) is 3. The summed E-state index contributed by atoms with van der Waals surface area (Å²) in [5.74, 6) is 6.66. The zero-order chi connectivity index (χ0) is 27.4. The number of benzene rings is 1. The van der Waals surface area contributed by atoms with Crippen molar-refractivity contribution in [2.24, 2.45) is 11.6 Å². The summed E-state index contributed by atoms with van der Waals surface area (Å²) in [4.78, 5) is 26.4. The van der Waals surface area contributed by atoms with Crippen LogP contribution in [0.1, 0.15) is 47.8 Å². The maximum atomic E-state index is 13.0. The molecule has 1 amide bonds. The maximum Gasteiger partial charge on any atom is 0.256 e. The number of hydrogen-bond acceptors (Lipinski definition) is 8. The molecule has 0 unspecified atom stereocenters. The second-order valence-corrected chi connectivity index (χ2v) is 10.8. The summed E-state index contributed by atoms with van der Waals surface area (Å²) in [7, 11) is 2.13. The largest absolute Gasteiger partial charge is 0.397 e. The van der Waals surface area contributed by atoms with Crippen LogP contribution in [0, 0.1) is 6.92 Å². The Morgan fingerprint density at radius 3 is 2.46 bits per heavy atom. The molecule has 39 heavy (non-hydrogen) atoms. The number of aromatic nitrogens is 2. The second kappa shape index (κ2) is 12.5. The highest BCUT2D eigenvalue weighted by Crippen LogP contribution is 2.25. The average molecular weight is 549 g/mol. The molecule has 3 heterocycles. The zero-order valence-corrected chi connectivity index (χ0v) is 24.4. The third-order valence-corrected chi connectivity index (χ3v) is 6.82. The normalized spacial score (nSPS) is 14.5. The zero-order valence-electron chi connectivity index (χ0n) is 23.4. The van der Waals surface area contributed by atoms with Crippen molar-refractivity contribution in [2.75, 3.05) is 48.5 Å². The molecule has 3 aromatic rings. The quantitative estimate of drug-likeness (QED) is 0.314. The van der Waals surface area contributed by atoms with Gasteiger partial charge in [-0.2, -0.15) is 13.5 Å². The molecule has 9 nitrogen and oxygen atoms in total. The molecule has 10 heteroatoms. The van der Waals surface area contributed by atoms with Crippen molar-refractivity contribution in [3.63, 3.8) is 0 Å². The van der Waals surface area contributed by atoms with Crippen molar-refractivity contribution < 1.29 is 4.79 Å². The first-order valence-electron chi connectivity index (χ1n) is 12.8. The lowest BCUT2D eigenvalue weighted by Gasteiger charge is -2.34. The molecule has 0 spiro atoms. The van der Waals surface area contributed by atoms with Gasteiger partial charge in [-0.15, -0.1) is 0 Å². The Morgan fingerprint density at radius 2 is 1.77 bits per heavy atom. The van der Waals surface area contributed by atoms with Crippen LogP contribution in [-0.4, -0.2) is 54.0 Å². The molecule has 1 aromatic carbocycles. The Bertz CT molecular complexity index is 1330. The Morgan fingerprint density at radius 1 is 1.05 bits per heavy atom. The predicted molar refractivity (Wildman–Crippen MR) is 165 cm³/mol. The van der Waals surface area contributed by atoms with E-state index in [9.17, 15) is 4.79 Å². The van der Waals surface area contributed by atoms with Crippen LogP contribution >= 0.6 is 13.5 Å². The number of pyridine rings is 2. The van der Waals surface area contributed by atoms with Gasteiger partial charge in [0, 0.05) is 55.9 Å². The van der Waals surface area contributed by atoms with Crippen LogP contribution < -0.4 is 26.8 Å². The summed E-state index contributed by atoms with van der Waals surface area (Å²) < 4.78 is 0. The van der Waals surface area contributed by atoms with Gasteiger partial charge in [0.2, 0.25) is 0 Å². The molecule has 5 N–H and O–H groups in total. The van der Waals surface area contributed by atoms with Gasteiger partial charge in [0.25, 0.3) is 5.91 Å². The molecule has 1 aliphatic rings.